The van der Waals surface area contributed by atoms with Crippen LogP contribution in [-0.4, -0.2) is 43.9 Å². The number of rotatable bonds is 5. The van der Waals surface area contributed by atoms with E-state index >= 15 is 0 Å². The topological polar surface area (TPSA) is 116 Å². The van der Waals surface area contributed by atoms with Crippen molar-refractivity contribution in [3.8, 4) is 0 Å². The zero-order chi connectivity index (χ0) is 15.6. The molecule has 1 saturated heterocycles. The second-order valence-electron chi connectivity index (χ2n) is 4.90. The second kappa shape index (κ2) is 5.96. The third-order valence-corrected chi connectivity index (χ3v) is 5.27. The molecule has 1 atom stereocenters. The maximum atomic E-state index is 12.4. The number of sulfonamides is 1. The number of non-ortho nitro benzene ring substituents is 1. The number of nitrogens with zero attached hydrogens (tertiary/aromatic N) is 2. The van der Waals surface area contributed by atoms with Crippen molar-refractivity contribution in [3.63, 3.8) is 0 Å². The first kappa shape index (κ1) is 15.7. The van der Waals surface area contributed by atoms with Gasteiger partial charge in [-0.1, -0.05) is 0 Å². The number of ether oxygens (including phenoxy) is 1. The fourth-order valence-electron chi connectivity index (χ4n) is 2.23. The Bertz CT molecular complexity index is 640. The highest BCUT2D eigenvalue weighted by Crippen LogP contribution is 2.26. The van der Waals surface area contributed by atoms with E-state index in [0.717, 1.165) is 31.0 Å². The van der Waals surface area contributed by atoms with Crippen molar-refractivity contribution in [2.45, 2.75) is 23.8 Å². The Kier molecular flexibility index (Phi) is 4.45. The van der Waals surface area contributed by atoms with Crippen LogP contribution in [0.1, 0.15) is 12.8 Å². The minimum atomic E-state index is -3.79. The van der Waals surface area contributed by atoms with Gasteiger partial charge in [0.2, 0.25) is 10.0 Å². The average Bonchev–Trinajstić information content (AvgIpc) is 2.90. The lowest BCUT2D eigenvalue weighted by Gasteiger charge is -2.21. The summed E-state index contributed by atoms with van der Waals surface area (Å²) in [5.41, 5.74) is 5.27. The number of benzene rings is 1. The zero-order valence-corrected chi connectivity index (χ0v) is 12.4. The van der Waals surface area contributed by atoms with Gasteiger partial charge in [-0.15, -0.1) is 0 Å². The number of hydrogen-bond donors (Lipinski definition) is 1. The molecule has 0 spiro atoms. The molecular weight excluding hydrogens is 298 g/mol. The maximum Gasteiger partial charge on any atom is 0.271 e. The normalized spacial score (nSPS) is 19.0. The highest BCUT2D eigenvalue weighted by atomic mass is 32.2. The summed E-state index contributed by atoms with van der Waals surface area (Å²) in [5, 5.41) is 10.7. The number of nitrogens with two attached hydrogens (primary N) is 1. The van der Waals surface area contributed by atoms with Gasteiger partial charge in [0.25, 0.3) is 5.69 Å². The molecule has 1 aromatic carbocycles. The lowest BCUT2D eigenvalue weighted by Crippen LogP contribution is -2.34. The summed E-state index contributed by atoms with van der Waals surface area (Å²) in [6.07, 6.45) is 1.61. The molecule has 0 amide bonds. The molecule has 0 aliphatic carbocycles. The van der Waals surface area contributed by atoms with Gasteiger partial charge in [-0.3, -0.25) is 10.1 Å². The van der Waals surface area contributed by atoms with E-state index in [1.54, 1.807) is 0 Å². The summed E-state index contributed by atoms with van der Waals surface area (Å²) in [7, 11) is -2.35. The molecule has 0 radical (unpaired) electrons. The molecule has 0 bridgehead atoms. The van der Waals surface area contributed by atoms with Crippen molar-refractivity contribution < 1.29 is 18.1 Å². The number of nitro groups is 1. The van der Waals surface area contributed by atoms with Crippen LogP contribution < -0.4 is 5.73 Å². The van der Waals surface area contributed by atoms with Crippen molar-refractivity contribution in [3.05, 3.63) is 28.3 Å². The Morgan fingerprint density at radius 2 is 2.24 bits per heavy atom. The summed E-state index contributed by atoms with van der Waals surface area (Å²) in [6, 6.07) is 3.34. The maximum absolute atomic E-state index is 12.4. The van der Waals surface area contributed by atoms with E-state index in [2.05, 4.69) is 0 Å². The fourth-order valence-corrected chi connectivity index (χ4v) is 3.52. The third kappa shape index (κ3) is 3.31. The highest BCUT2D eigenvalue weighted by molar-refractivity contribution is 7.89. The van der Waals surface area contributed by atoms with Gasteiger partial charge in [-0.25, -0.2) is 8.42 Å². The number of nitro benzene ring substituents is 1. The molecule has 2 rings (SSSR count). The summed E-state index contributed by atoms with van der Waals surface area (Å²) >= 11 is 0. The molecule has 116 valence electrons. The molecule has 1 aliphatic rings. The monoisotopic (exact) mass is 315 g/mol. The molecule has 0 saturated carbocycles. The van der Waals surface area contributed by atoms with Crippen LogP contribution in [0.3, 0.4) is 0 Å². The molecule has 1 heterocycles. The van der Waals surface area contributed by atoms with Gasteiger partial charge in [-0.05, 0) is 18.9 Å². The van der Waals surface area contributed by atoms with Crippen LogP contribution in [0.5, 0.6) is 0 Å². The second-order valence-corrected chi connectivity index (χ2v) is 6.91. The quantitative estimate of drug-likeness (QED) is 0.492. The van der Waals surface area contributed by atoms with Crippen LogP contribution in [0.4, 0.5) is 11.4 Å². The van der Waals surface area contributed by atoms with Gasteiger partial charge >= 0.3 is 0 Å². The van der Waals surface area contributed by atoms with E-state index in [1.165, 1.54) is 11.4 Å². The lowest BCUT2D eigenvalue weighted by atomic mass is 10.2. The smallest absolute Gasteiger partial charge is 0.271 e. The van der Waals surface area contributed by atoms with E-state index in [0.29, 0.717) is 6.61 Å². The van der Waals surface area contributed by atoms with Gasteiger partial charge in [0.1, 0.15) is 4.90 Å². The SMILES string of the molecule is CN(CC1CCCO1)S(=O)(=O)c1ccc([N+](=O)[O-])cc1N. The number of nitrogen functional groups attached to an aromatic ring is 1. The molecule has 1 fully saturated rings. The Morgan fingerprint density at radius 3 is 2.76 bits per heavy atom. The van der Waals surface area contributed by atoms with Crippen LogP contribution in [-0.2, 0) is 14.8 Å². The number of likely N-dealkylation sites (N-methyl/N-ethyl adjacent to an activating group) is 1. The third-order valence-electron chi connectivity index (χ3n) is 3.38. The first-order chi connectivity index (χ1) is 9.82. The van der Waals surface area contributed by atoms with Crippen LogP contribution in [0.2, 0.25) is 0 Å². The summed E-state index contributed by atoms with van der Waals surface area (Å²) in [6.45, 7) is 0.872. The molecule has 9 heteroatoms. The Hall–Kier alpha value is -1.71. The van der Waals surface area contributed by atoms with Gasteiger partial charge in [0.05, 0.1) is 16.7 Å². The number of hydrogen-bond acceptors (Lipinski definition) is 6. The lowest BCUT2D eigenvalue weighted by molar-refractivity contribution is -0.384. The Labute approximate surface area is 122 Å². The van der Waals surface area contributed by atoms with Crippen LogP contribution in [0.25, 0.3) is 0 Å². The van der Waals surface area contributed by atoms with Crippen molar-refractivity contribution in [1.82, 2.24) is 4.31 Å². The minimum Gasteiger partial charge on any atom is -0.397 e. The van der Waals surface area contributed by atoms with Gasteiger partial charge in [0, 0.05) is 32.3 Å². The van der Waals surface area contributed by atoms with Crippen LogP contribution in [0, 0.1) is 10.1 Å². The van der Waals surface area contributed by atoms with E-state index in [9.17, 15) is 18.5 Å². The van der Waals surface area contributed by atoms with E-state index in [1.807, 2.05) is 0 Å². The number of anilines is 1. The first-order valence-corrected chi connectivity index (χ1v) is 7.88. The van der Waals surface area contributed by atoms with Crippen molar-refractivity contribution in [2.24, 2.45) is 0 Å². The van der Waals surface area contributed by atoms with Crippen molar-refractivity contribution >= 4 is 21.4 Å². The molecule has 8 nitrogen and oxygen atoms in total. The van der Waals surface area contributed by atoms with Crippen molar-refractivity contribution in [2.75, 3.05) is 25.9 Å². The van der Waals surface area contributed by atoms with Gasteiger partial charge in [0.15, 0.2) is 0 Å². The Morgan fingerprint density at radius 1 is 1.52 bits per heavy atom. The summed E-state index contributed by atoms with van der Waals surface area (Å²) < 4.78 is 31.5. The molecular formula is C12H17N3O5S. The predicted molar refractivity (Wildman–Crippen MR) is 76.3 cm³/mol. The van der Waals surface area contributed by atoms with Crippen LogP contribution >= 0.6 is 0 Å². The van der Waals surface area contributed by atoms with Gasteiger partial charge < -0.3 is 10.5 Å². The molecule has 2 N–H and O–H groups in total. The Balaban J connectivity index is 2.23. The summed E-state index contributed by atoms with van der Waals surface area (Å²) in [4.78, 5) is 9.90. The largest absolute Gasteiger partial charge is 0.397 e. The highest BCUT2D eigenvalue weighted by Gasteiger charge is 2.28. The molecule has 21 heavy (non-hydrogen) atoms. The molecule has 1 aliphatic heterocycles. The van der Waals surface area contributed by atoms with E-state index < -0.39 is 14.9 Å². The predicted octanol–water partition coefficient (Wildman–Crippen LogP) is 0.976. The van der Waals surface area contributed by atoms with Gasteiger partial charge in [-0.2, -0.15) is 4.31 Å². The first-order valence-electron chi connectivity index (χ1n) is 6.44. The zero-order valence-electron chi connectivity index (χ0n) is 11.6. The minimum absolute atomic E-state index is 0.121. The van der Waals surface area contributed by atoms with E-state index in [4.69, 9.17) is 10.5 Å². The molecule has 1 aromatic rings. The summed E-state index contributed by atoms with van der Waals surface area (Å²) in [5.74, 6) is 0. The van der Waals surface area contributed by atoms with E-state index in [-0.39, 0.29) is 28.9 Å². The standard InChI is InChI=1S/C12H17N3O5S/c1-14(8-10-3-2-6-20-10)21(18,19)12-5-4-9(15(16)17)7-11(12)13/h4-5,7,10H,2-3,6,8,13H2,1H3. The average molecular weight is 315 g/mol. The van der Waals surface area contributed by atoms with Crippen molar-refractivity contribution in [1.29, 1.82) is 0 Å². The fraction of sp³-hybridized carbons (Fsp3) is 0.500. The molecule has 1 unspecified atom stereocenters. The van der Waals surface area contributed by atoms with Crippen LogP contribution in [0.15, 0.2) is 23.1 Å². The molecule has 0 aromatic heterocycles.